The lowest BCUT2D eigenvalue weighted by atomic mass is 10.2. The summed E-state index contributed by atoms with van der Waals surface area (Å²) in [6.07, 6.45) is 2.98. The standard InChI is InChI=1S/C15H22N4O3S/c1-15(2,3)22-14(21)19-9-7-18(8-10-19)12(20)11-23-13-16-5-4-6-17-13/h4-6H,7-11H2,1-3H3. The van der Waals surface area contributed by atoms with Crippen molar-refractivity contribution in [2.24, 2.45) is 0 Å². The van der Waals surface area contributed by atoms with Crippen molar-refractivity contribution in [1.29, 1.82) is 0 Å². The molecule has 0 aliphatic carbocycles. The Morgan fingerprint density at radius 3 is 2.26 bits per heavy atom. The van der Waals surface area contributed by atoms with Crippen molar-refractivity contribution in [1.82, 2.24) is 19.8 Å². The Hall–Kier alpha value is -1.83. The van der Waals surface area contributed by atoms with Crippen LogP contribution < -0.4 is 0 Å². The van der Waals surface area contributed by atoms with E-state index in [0.717, 1.165) is 0 Å². The van der Waals surface area contributed by atoms with E-state index in [2.05, 4.69) is 9.97 Å². The normalized spacial score (nSPS) is 15.4. The molecule has 0 N–H and O–H groups in total. The summed E-state index contributed by atoms with van der Waals surface area (Å²) in [5.41, 5.74) is -0.504. The molecule has 2 amide bonds. The van der Waals surface area contributed by atoms with Crippen LogP contribution >= 0.6 is 11.8 Å². The number of nitrogens with zero attached hydrogens (tertiary/aromatic N) is 4. The van der Waals surface area contributed by atoms with Crippen LogP contribution in [0.5, 0.6) is 0 Å². The number of piperazine rings is 1. The molecule has 0 unspecified atom stereocenters. The second-order valence-electron chi connectivity index (χ2n) is 6.17. The third-order valence-corrected chi connectivity index (χ3v) is 4.01. The molecular formula is C15H22N4O3S. The maximum Gasteiger partial charge on any atom is 0.410 e. The largest absolute Gasteiger partial charge is 0.444 e. The van der Waals surface area contributed by atoms with E-state index in [4.69, 9.17) is 4.74 Å². The van der Waals surface area contributed by atoms with Gasteiger partial charge in [-0.3, -0.25) is 4.79 Å². The summed E-state index contributed by atoms with van der Waals surface area (Å²) in [5, 5.41) is 0.591. The van der Waals surface area contributed by atoms with Gasteiger partial charge in [-0.15, -0.1) is 0 Å². The molecule has 126 valence electrons. The van der Waals surface area contributed by atoms with Gasteiger partial charge in [-0.05, 0) is 26.8 Å². The van der Waals surface area contributed by atoms with Crippen molar-refractivity contribution in [3.63, 3.8) is 0 Å². The monoisotopic (exact) mass is 338 g/mol. The molecule has 1 aromatic heterocycles. The number of rotatable bonds is 3. The summed E-state index contributed by atoms with van der Waals surface area (Å²) < 4.78 is 5.34. The highest BCUT2D eigenvalue weighted by atomic mass is 32.2. The molecule has 0 spiro atoms. The molecule has 8 heteroatoms. The Balaban J connectivity index is 1.75. The number of aromatic nitrogens is 2. The topological polar surface area (TPSA) is 75.6 Å². The second-order valence-corrected chi connectivity index (χ2v) is 7.11. The average molecular weight is 338 g/mol. The first-order valence-corrected chi connectivity index (χ1v) is 8.49. The van der Waals surface area contributed by atoms with E-state index < -0.39 is 5.60 Å². The minimum Gasteiger partial charge on any atom is -0.444 e. The Morgan fingerprint density at radius 1 is 1.13 bits per heavy atom. The van der Waals surface area contributed by atoms with E-state index in [1.807, 2.05) is 20.8 Å². The van der Waals surface area contributed by atoms with Gasteiger partial charge in [-0.25, -0.2) is 14.8 Å². The van der Waals surface area contributed by atoms with Gasteiger partial charge in [0.05, 0.1) is 5.75 Å². The zero-order valence-corrected chi connectivity index (χ0v) is 14.5. The Bertz CT molecular complexity index is 539. The molecule has 0 bridgehead atoms. The number of carbonyl (C=O) groups is 2. The maximum absolute atomic E-state index is 12.2. The van der Waals surface area contributed by atoms with Crippen LogP contribution in [-0.4, -0.2) is 69.3 Å². The van der Waals surface area contributed by atoms with Gasteiger partial charge >= 0.3 is 6.09 Å². The molecule has 2 heterocycles. The first kappa shape index (κ1) is 17.5. The van der Waals surface area contributed by atoms with Gasteiger partial charge in [-0.2, -0.15) is 0 Å². The molecule has 7 nitrogen and oxygen atoms in total. The van der Waals surface area contributed by atoms with Gasteiger partial charge in [0.15, 0.2) is 5.16 Å². The van der Waals surface area contributed by atoms with Gasteiger partial charge in [0, 0.05) is 38.6 Å². The SMILES string of the molecule is CC(C)(C)OC(=O)N1CCN(C(=O)CSc2ncccn2)CC1. The van der Waals surface area contributed by atoms with Crippen molar-refractivity contribution in [2.45, 2.75) is 31.5 Å². The number of thioether (sulfide) groups is 1. The predicted octanol–water partition coefficient (Wildman–Crippen LogP) is 1.65. The van der Waals surface area contributed by atoms with E-state index in [-0.39, 0.29) is 12.0 Å². The summed E-state index contributed by atoms with van der Waals surface area (Å²) in [6.45, 7) is 7.55. The third-order valence-electron chi connectivity index (χ3n) is 3.15. The van der Waals surface area contributed by atoms with Gasteiger partial charge in [0.1, 0.15) is 5.60 Å². The van der Waals surface area contributed by atoms with E-state index in [9.17, 15) is 9.59 Å². The molecular weight excluding hydrogens is 316 g/mol. The third kappa shape index (κ3) is 5.70. The number of amides is 2. The summed E-state index contributed by atoms with van der Waals surface area (Å²) in [5.74, 6) is 0.336. The Morgan fingerprint density at radius 2 is 1.70 bits per heavy atom. The zero-order chi connectivity index (χ0) is 16.9. The van der Waals surface area contributed by atoms with Crippen molar-refractivity contribution in [2.75, 3.05) is 31.9 Å². The lowest BCUT2D eigenvalue weighted by Gasteiger charge is -2.35. The minimum atomic E-state index is -0.504. The fraction of sp³-hybridized carbons (Fsp3) is 0.600. The van der Waals surface area contributed by atoms with Crippen LogP contribution in [0.4, 0.5) is 4.79 Å². The molecule has 1 aliphatic rings. The quantitative estimate of drug-likeness (QED) is 0.616. The summed E-state index contributed by atoms with van der Waals surface area (Å²) >= 11 is 1.32. The van der Waals surface area contributed by atoms with Crippen LogP contribution in [0, 0.1) is 0 Å². The zero-order valence-electron chi connectivity index (χ0n) is 13.7. The number of ether oxygens (including phenoxy) is 1. The highest BCUT2D eigenvalue weighted by Crippen LogP contribution is 2.14. The smallest absolute Gasteiger partial charge is 0.410 e. The number of hydrogen-bond donors (Lipinski definition) is 0. The molecule has 1 aromatic rings. The van der Waals surface area contributed by atoms with Gasteiger partial charge in [0.2, 0.25) is 5.91 Å². The summed E-state index contributed by atoms with van der Waals surface area (Å²) in [6, 6.07) is 1.74. The molecule has 0 radical (unpaired) electrons. The van der Waals surface area contributed by atoms with Crippen molar-refractivity contribution in [3.05, 3.63) is 18.5 Å². The second kappa shape index (κ2) is 7.63. The first-order chi connectivity index (χ1) is 10.8. The van der Waals surface area contributed by atoms with Crippen molar-refractivity contribution < 1.29 is 14.3 Å². The van der Waals surface area contributed by atoms with Crippen molar-refractivity contribution in [3.8, 4) is 0 Å². The minimum absolute atomic E-state index is 0.0336. The van der Waals surface area contributed by atoms with Crippen LogP contribution in [-0.2, 0) is 9.53 Å². The lowest BCUT2D eigenvalue weighted by molar-refractivity contribution is -0.130. The first-order valence-electron chi connectivity index (χ1n) is 7.51. The average Bonchev–Trinajstić information content (AvgIpc) is 2.52. The maximum atomic E-state index is 12.2. The van der Waals surface area contributed by atoms with E-state index in [1.54, 1.807) is 28.3 Å². The van der Waals surface area contributed by atoms with Crippen LogP contribution in [0.15, 0.2) is 23.6 Å². The molecule has 1 aliphatic heterocycles. The lowest BCUT2D eigenvalue weighted by Crippen LogP contribution is -2.52. The van der Waals surface area contributed by atoms with Crippen LogP contribution in [0.3, 0.4) is 0 Å². The van der Waals surface area contributed by atoms with Crippen LogP contribution in [0.1, 0.15) is 20.8 Å². The van der Waals surface area contributed by atoms with Crippen LogP contribution in [0.2, 0.25) is 0 Å². The molecule has 1 saturated heterocycles. The molecule has 0 saturated carbocycles. The predicted molar refractivity (Wildman–Crippen MR) is 87.1 cm³/mol. The Kier molecular flexibility index (Phi) is 5.81. The van der Waals surface area contributed by atoms with E-state index in [0.29, 0.717) is 37.1 Å². The summed E-state index contributed by atoms with van der Waals surface area (Å²) in [7, 11) is 0. The fourth-order valence-corrected chi connectivity index (χ4v) is 2.75. The molecule has 1 fully saturated rings. The fourth-order valence-electron chi connectivity index (χ4n) is 2.04. The van der Waals surface area contributed by atoms with Crippen LogP contribution in [0.25, 0.3) is 0 Å². The summed E-state index contributed by atoms with van der Waals surface area (Å²) in [4.78, 5) is 35.7. The highest BCUT2D eigenvalue weighted by Gasteiger charge is 2.27. The van der Waals surface area contributed by atoms with Gasteiger partial charge in [0.25, 0.3) is 0 Å². The van der Waals surface area contributed by atoms with Gasteiger partial charge < -0.3 is 14.5 Å². The van der Waals surface area contributed by atoms with Gasteiger partial charge in [-0.1, -0.05) is 11.8 Å². The van der Waals surface area contributed by atoms with E-state index >= 15 is 0 Å². The van der Waals surface area contributed by atoms with Crippen molar-refractivity contribution >= 4 is 23.8 Å². The molecule has 0 aromatic carbocycles. The Labute approximate surface area is 140 Å². The van der Waals surface area contributed by atoms with E-state index in [1.165, 1.54) is 11.8 Å². The molecule has 0 atom stereocenters. The number of hydrogen-bond acceptors (Lipinski definition) is 6. The number of carbonyl (C=O) groups excluding carboxylic acids is 2. The molecule has 23 heavy (non-hydrogen) atoms. The highest BCUT2D eigenvalue weighted by molar-refractivity contribution is 7.99. The molecule has 2 rings (SSSR count).